The van der Waals surface area contributed by atoms with Gasteiger partial charge in [0.1, 0.15) is 0 Å². The summed E-state index contributed by atoms with van der Waals surface area (Å²) in [4.78, 5) is 34.3. The number of fused-ring (bicyclic) bond motifs is 1. The normalized spacial score (nSPS) is 14.9. The zero-order valence-electron chi connectivity index (χ0n) is 24.4. The first-order valence-electron chi connectivity index (χ1n) is 13.7. The van der Waals surface area contributed by atoms with E-state index in [1.54, 1.807) is 36.4 Å². The van der Waals surface area contributed by atoms with Crippen LogP contribution in [0.2, 0.25) is 0 Å². The van der Waals surface area contributed by atoms with Crippen molar-refractivity contribution in [1.82, 2.24) is 4.57 Å². The average molecular weight is 680 g/mol. The summed E-state index contributed by atoms with van der Waals surface area (Å²) < 4.78 is 19.9. The second-order valence-electron chi connectivity index (χ2n) is 9.91. The molecule has 0 saturated carbocycles. The van der Waals surface area contributed by atoms with Crippen LogP contribution in [0.1, 0.15) is 43.5 Å². The van der Waals surface area contributed by atoms with Gasteiger partial charge in [0, 0.05) is 10.5 Å². The largest absolute Gasteiger partial charge is 0.493 e. The maximum Gasteiger partial charge on any atom is 0.338 e. The van der Waals surface area contributed by atoms with Crippen LogP contribution in [-0.4, -0.2) is 36.6 Å². The molecule has 0 bridgehead atoms. The van der Waals surface area contributed by atoms with Crippen molar-refractivity contribution < 1.29 is 19.0 Å². The molecule has 7 nitrogen and oxygen atoms in total. The molecule has 1 aliphatic rings. The quantitative estimate of drug-likeness (QED) is 0.155. The number of aromatic nitrogens is 1. The Balaban J connectivity index is 1.77. The molecule has 1 aliphatic heterocycles. The highest BCUT2D eigenvalue weighted by Gasteiger charge is 2.35. The number of thiazole rings is 1. The number of halogens is 1. The molecular formula is C33H31BrN2O5S2. The Kier molecular flexibility index (Phi) is 9.59. The molecular weight excluding hydrogens is 648 g/mol. The fourth-order valence-electron chi connectivity index (χ4n) is 4.87. The van der Waals surface area contributed by atoms with Crippen molar-refractivity contribution in [2.24, 2.45) is 4.99 Å². The molecule has 0 aliphatic carbocycles. The molecule has 4 aromatic rings. The monoisotopic (exact) mass is 678 g/mol. The van der Waals surface area contributed by atoms with Crippen LogP contribution in [0.15, 0.2) is 91.5 Å². The Labute approximate surface area is 266 Å². The molecule has 2 heterocycles. The van der Waals surface area contributed by atoms with Crippen LogP contribution in [0.5, 0.6) is 11.5 Å². The molecule has 5 rings (SSSR count). The van der Waals surface area contributed by atoms with E-state index in [0.29, 0.717) is 36.6 Å². The van der Waals surface area contributed by atoms with E-state index in [9.17, 15) is 9.59 Å². The van der Waals surface area contributed by atoms with Crippen molar-refractivity contribution in [1.29, 1.82) is 0 Å². The van der Waals surface area contributed by atoms with E-state index in [1.807, 2.05) is 86.8 Å². The number of methoxy groups -OCH3 is 1. The first-order valence-corrected chi connectivity index (χ1v) is 16.6. The number of benzene rings is 3. The van der Waals surface area contributed by atoms with Gasteiger partial charge < -0.3 is 14.2 Å². The van der Waals surface area contributed by atoms with E-state index in [-0.39, 0.29) is 18.3 Å². The Morgan fingerprint density at radius 2 is 1.86 bits per heavy atom. The molecule has 0 saturated heterocycles. The summed E-state index contributed by atoms with van der Waals surface area (Å²) >= 11 is 6.49. The highest BCUT2D eigenvalue weighted by atomic mass is 79.9. The molecule has 1 aromatic heterocycles. The third-order valence-electron chi connectivity index (χ3n) is 6.71. The van der Waals surface area contributed by atoms with Crippen molar-refractivity contribution in [3.8, 4) is 11.5 Å². The summed E-state index contributed by atoms with van der Waals surface area (Å²) in [6.45, 7) is 5.85. The van der Waals surface area contributed by atoms with Crippen LogP contribution in [0.25, 0.3) is 11.8 Å². The van der Waals surface area contributed by atoms with E-state index in [0.717, 1.165) is 21.6 Å². The molecule has 1 atom stereocenters. The number of hydrogen-bond acceptors (Lipinski definition) is 8. The second-order valence-corrected chi connectivity index (χ2v) is 12.6. The lowest BCUT2D eigenvalue weighted by Crippen LogP contribution is -2.40. The Morgan fingerprint density at radius 3 is 2.49 bits per heavy atom. The fraction of sp³-hybridized carbons (Fsp3) is 0.242. The summed E-state index contributed by atoms with van der Waals surface area (Å²) in [5.74, 6) is 0.633. The van der Waals surface area contributed by atoms with Gasteiger partial charge in [-0.05, 0) is 84.4 Å². The number of esters is 1. The minimum Gasteiger partial charge on any atom is -0.493 e. The van der Waals surface area contributed by atoms with Gasteiger partial charge in [-0.1, -0.05) is 53.8 Å². The standard InChI is InChI=1S/C33H31BrN2O5S2/c1-6-40-32(38)27-28(21-10-8-7-9-11-21)35-33-36(29(27)22-12-14-23(42-5)15-13-22)31(37)26(43-33)18-20-16-24(34)30(41-19(2)3)25(17-20)39-4/h7-19,29H,6H2,1-5H3/b26-18-/t29-/m1/s1. The molecule has 0 N–H and O–H groups in total. The van der Waals surface area contributed by atoms with Crippen LogP contribution in [0.4, 0.5) is 0 Å². The summed E-state index contributed by atoms with van der Waals surface area (Å²) in [6, 6.07) is 20.4. The van der Waals surface area contributed by atoms with Gasteiger partial charge in [-0.3, -0.25) is 9.36 Å². The van der Waals surface area contributed by atoms with Gasteiger partial charge in [-0.25, -0.2) is 9.79 Å². The van der Waals surface area contributed by atoms with Crippen molar-refractivity contribution >= 4 is 56.8 Å². The SMILES string of the molecule is CCOC(=O)C1=C(c2ccccc2)N=c2s/c(=C\c3cc(Br)c(OC(C)C)c(OC)c3)c(=O)n2[C@@H]1c1ccc(SC)cc1. The van der Waals surface area contributed by atoms with Crippen LogP contribution >= 0.6 is 39.0 Å². The van der Waals surface area contributed by atoms with E-state index in [2.05, 4.69) is 15.9 Å². The van der Waals surface area contributed by atoms with Gasteiger partial charge in [0.05, 0.1) is 46.1 Å². The number of hydrogen-bond donors (Lipinski definition) is 0. The highest BCUT2D eigenvalue weighted by molar-refractivity contribution is 9.10. The minimum atomic E-state index is -0.730. The third kappa shape index (κ3) is 6.37. The lowest BCUT2D eigenvalue weighted by Gasteiger charge is -2.26. The zero-order valence-corrected chi connectivity index (χ0v) is 27.6. The van der Waals surface area contributed by atoms with Crippen LogP contribution < -0.4 is 24.4 Å². The maximum atomic E-state index is 14.2. The minimum absolute atomic E-state index is 0.0443. The van der Waals surface area contributed by atoms with Crippen molar-refractivity contribution in [3.05, 3.63) is 113 Å². The molecule has 0 radical (unpaired) electrons. The van der Waals surface area contributed by atoms with Crippen LogP contribution in [0.3, 0.4) is 0 Å². The molecule has 43 heavy (non-hydrogen) atoms. The molecule has 0 fully saturated rings. The number of carbonyl (C=O) groups is 1. The molecule has 0 spiro atoms. The number of ether oxygens (including phenoxy) is 3. The van der Waals surface area contributed by atoms with Crippen molar-refractivity contribution in [3.63, 3.8) is 0 Å². The fourth-order valence-corrected chi connectivity index (χ4v) is 6.83. The second kappa shape index (κ2) is 13.4. The first-order chi connectivity index (χ1) is 20.7. The Morgan fingerprint density at radius 1 is 1.14 bits per heavy atom. The van der Waals surface area contributed by atoms with Crippen molar-refractivity contribution in [2.45, 2.75) is 37.8 Å². The third-order valence-corrected chi connectivity index (χ3v) is 9.02. The van der Waals surface area contributed by atoms with E-state index in [1.165, 1.54) is 11.3 Å². The lowest BCUT2D eigenvalue weighted by atomic mass is 9.93. The summed E-state index contributed by atoms with van der Waals surface area (Å²) in [6.07, 6.45) is 3.77. The van der Waals surface area contributed by atoms with E-state index < -0.39 is 12.0 Å². The van der Waals surface area contributed by atoms with Crippen LogP contribution in [0, 0.1) is 0 Å². The van der Waals surface area contributed by atoms with Gasteiger partial charge in [0.15, 0.2) is 16.3 Å². The molecule has 222 valence electrons. The van der Waals surface area contributed by atoms with E-state index >= 15 is 0 Å². The smallest absolute Gasteiger partial charge is 0.338 e. The predicted octanol–water partition coefficient (Wildman–Crippen LogP) is 6.22. The maximum absolute atomic E-state index is 14.2. The molecule has 0 amide bonds. The van der Waals surface area contributed by atoms with Gasteiger partial charge >= 0.3 is 5.97 Å². The molecule has 10 heteroatoms. The van der Waals surface area contributed by atoms with E-state index in [4.69, 9.17) is 19.2 Å². The van der Waals surface area contributed by atoms with Crippen molar-refractivity contribution in [2.75, 3.05) is 20.0 Å². The number of rotatable bonds is 9. The zero-order chi connectivity index (χ0) is 30.7. The first kappa shape index (κ1) is 30.8. The van der Waals surface area contributed by atoms with Gasteiger partial charge in [0.2, 0.25) is 0 Å². The van der Waals surface area contributed by atoms with Gasteiger partial charge in [-0.2, -0.15) is 0 Å². The molecule has 3 aromatic carbocycles. The lowest BCUT2D eigenvalue weighted by molar-refractivity contribution is -0.138. The van der Waals surface area contributed by atoms with Gasteiger partial charge in [-0.15, -0.1) is 11.8 Å². The molecule has 0 unspecified atom stereocenters. The van der Waals surface area contributed by atoms with Crippen LogP contribution in [-0.2, 0) is 9.53 Å². The highest BCUT2D eigenvalue weighted by Crippen LogP contribution is 2.38. The summed E-state index contributed by atoms with van der Waals surface area (Å²) in [5.41, 5.74) is 2.86. The average Bonchev–Trinajstić information content (AvgIpc) is 3.32. The predicted molar refractivity (Wildman–Crippen MR) is 176 cm³/mol. The Bertz CT molecular complexity index is 1860. The summed E-state index contributed by atoms with van der Waals surface area (Å²) in [5, 5.41) is 0. The van der Waals surface area contributed by atoms with Gasteiger partial charge in [0.25, 0.3) is 5.56 Å². The topological polar surface area (TPSA) is 79.1 Å². The number of thioether (sulfide) groups is 1. The number of nitrogens with zero attached hydrogens (tertiary/aromatic N) is 2. The Hall–Kier alpha value is -3.60. The summed E-state index contributed by atoms with van der Waals surface area (Å²) in [7, 11) is 1.58. The number of carbonyl (C=O) groups excluding carboxylic acids is 1.